The maximum absolute atomic E-state index is 6.02. The molecule has 2 rings (SSSR count). The highest BCUT2D eigenvalue weighted by atomic mass is 14.6. The van der Waals surface area contributed by atoms with Crippen LogP contribution < -0.4 is 5.73 Å². The zero-order chi connectivity index (χ0) is 10.7. The average Bonchev–Trinajstić information content (AvgIpc) is 2.79. The molecule has 1 heteroatoms. The van der Waals surface area contributed by atoms with Gasteiger partial charge < -0.3 is 5.73 Å². The van der Waals surface area contributed by atoms with E-state index in [0.29, 0.717) is 5.41 Å². The summed E-state index contributed by atoms with van der Waals surface area (Å²) in [6.07, 6.45) is 6.36. The van der Waals surface area contributed by atoms with Crippen molar-refractivity contribution in [3.63, 3.8) is 0 Å². The van der Waals surface area contributed by atoms with Gasteiger partial charge in [0.15, 0.2) is 0 Å². The molecule has 1 aliphatic rings. The average molecular weight is 203 g/mol. The molecule has 1 aromatic rings. The highest BCUT2D eigenvalue weighted by molar-refractivity contribution is 5.35. The Hall–Kier alpha value is -0.820. The van der Waals surface area contributed by atoms with Crippen LogP contribution in [0.25, 0.3) is 0 Å². The van der Waals surface area contributed by atoms with Gasteiger partial charge in [-0.2, -0.15) is 0 Å². The first-order valence-electron chi connectivity index (χ1n) is 6.11. The number of rotatable bonds is 3. The normalized spacial score (nSPS) is 19.3. The summed E-state index contributed by atoms with van der Waals surface area (Å²) in [5, 5.41) is 0. The van der Waals surface area contributed by atoms with E-state index in [1.165, 1.54) is 36.8 Å². The van der Waals surface area contributed by atoms with Gasteiger partial charge >= 0.3 is 0 Å². The van der Waals surface area contributed by atoms with Crippen LogP contribution in [0.3, 0.4) is 0 Å². The molecule has 0 aromatic heterocycles. The van der Waals surface area contributed by atoms with Crippen LogP contribution in [0.1, 0.15) is 43.7 Å². The Balaban J connectivity index is 2.41. The summed E-state index contributed by atoms with van der Waals surface area (Å²) in [7, 11) is 0. The van der Waals surface area contributed by atoms with E-state index >= 15 is 0 Å². The van der Waals surface area contributed by atoms with E-state index in [0.717, 1.165) is 13.0 Å². The summed E-state index contributed by atoms with van der Waals surface area (Å²) < 4.78 is 0. The largest absolute Gasteiger partial charge is 0.330 e. The Morgan fingerprint density at radius 1 is 1.20 bits per heavy atom. The van der Waals surface area contributed by atoms with Gasteiger partial charge in [-0.25, -0.2) is 0 Å². The zero-order valence-corrected chi connectivity index (χ0v) is 9.63. The van der Waals surface area contributed by atoms with Crippen molar-refractivity contribution in [1.29, 1.82) is 0 Å². The van der Waals surface area contributed by atoms with E-state index in [4.69, 9.17) is 5.73 Å². The van der Waals surface area contributed by atoms with Crippen LogP contribution in [-0.4, -0.2) is 6.54 Å². The maximum Gasteiger partial charge on any atom is 0.00782 e. The number of aryl methyl sites for hydroxylation is 1. The van der Waals surface area contributed by atoms with Crippen LogP contribution in [0, 0.1) is 0 Å². The standard InChI is InChI=1S/C14H21N/c1-2-12-7-3-4-8-13(12)14(11-15)9-5-6-10-14/h3-4,7-8H,2,5-6,9-11,15H2,1H3. The Morgan fingerprint density at radius 3 is 2.47 bits per heavy atom. The van der Waals surface area contributed by atoms with E-state index in [1.54, 1.807) is 0 Å². The number of hydrogen-bond donors (Lipinski definition) is 1. The third-order valence-electron chi connectivity index (χ3n) is 3.92. The first-order chi connectivity index (χ1) is 7.32. The zero-order valence-electron chi connectivity index (χ0n) is 9.63. The van der Waals surface area contributed by atoms with Gasteiger partial charge in [0, 0.05) is 12.0 Å². The molecule has 1 aliphatic carbocycles. The highest BCUT2D eigenvalue weighted by Gasteiger charge is 2.35. The van der Waals surface area contributed by atoms with Crippen molar-refractivity contribution < 1.29 is 0 Å². The predicted octanol–water partition coefficient (Wildman–Crippen LogP) is 3.02. The van der Waals surface area contributed by atoms with Gasteiger partial charge in [0.1, 0.15) is 0 Å². The lowest BCUT2D eigenvalue weighted by molar-refractivity contribution is 0.449. The lowest BCUT2D eigenvalue weighted by Gasteiger charge is -2.30. The topological polar surface area (TPSA) is 26.0 Å². The van der Waals surface area contributed by atoms with Gasteiger partial charge in [-0.15, -0.1) is 0 Å². The van der Waals surface area contributed by atoms with Crippen molar-refractivity contribution in [1.82, 2.24) is 0 Å². The van der Waals surface area contributed by atoms with Crippen molar-refractivity contribution in [3.05, 3.63) is 35.4 Å². The molecule has 82 valence electrons. The molecule has 1 aromatic carbocycles. The van der Waals surface area contributed by atoms with Crippen molar-refractivity contribution in [3.8, 4) is 0 Å². The van der Waals surface area contributed by atoms with Gasteiger partial charge in [0.05, 0.1) is 0 Å². The van der Waals surface area contributed by atoms with Crippen LogP contribution in [0.5, 0.6) is 0 Å². The summed E-state index contributed by atoms with van der Waals surface area (Å²) in [5.74, 6) is 0. The lowest BCUT2D eigenvalue weighted by atomic mass is 9.76. The van der Waals surface area contributed by atoms with E-state index in [2.05, 4.69) is 31.2 Å². The summed E-state index contributed by atoms with van der Waals surface area (Å²) in [5.41, 5.74) is 9.33. The van der Waals surface area contributed by atoms with E-state index in [9.17, 15) is 0 Å². The fourth-order valence-corrected chi connectivity index (χ4v) is 2.98. The minimum atomic E-state index is 0.298. The van der Waals surface area contributed by atoms with Crippen LogP contribution in [0.2, 0.25) is 0 Å². The van der Waals surface area contributed by atoms with Crippen LogP contribution >= 0.6 is 0 Å². The SMILES string of the molecule is CCc1ccccc1C1(CN)CCCC1. The molecule has 0 aliphatic heterocycles. The third kappa shape index (κ3) is 1.81. The first-order valence-corrected chi connectivity index (χ1v) is 6.11. The fourth-order valence-electron chi connectivity index (χ4n) is 2.98. The molecule has 0 radical (unpaired) electrons. The van der Waals surface area contributed by atoms with Crippen LogP contribution in [0.15, 0.2) is 24.3 Å². The summed E-state index contributed by atoms with van der Waals surface area (Å²) in [6, 6.07) is 8.84. The molecule has 0 spiro atoms. The summed E-state index contributed by atoms with van der Waals surface area (Å²) in [4.78, 5) is 0. The quantitative estimate of drug-likeness (QED) is 0.803. The van der Waals surface area contributed by atoms with E-state index in [1.807, 2.05) is 0 Å². The van der Waals surface area contributed by atoms with Crippen molar-refractivity contribution in [2.24, 2.45) is 5.73 Å². The smallest absolute Gasteiger partial charge is 0.00782 e. The second-order valence-electron chi connectivity index (χ2n) is 4.70. The number of nitrogens with two attached hydrogens (primary N) is 1. The van der Waals surface area contributed by atoms with E-state index < -0.39 is 0 Å². The Kier molecular flexibility index (Phi) is 3.11. The molecule has 1 saturated carbocycles. The fraction of sp³-hybridized carbons (Fsp3) is 0.571. The molecule has 0 bridgehead atoms. The first kappa shape index (κ1) is 10.7. The van der Waals surface area contributed by atoms with E-state index in [-0.39, 0.29) is 0 Å². The minimum absolute atomic E-state index is 0.298. The molecular formula is C14H21N. The van der Waals surface area contributed by atoms with Crippen LogP contribution in [-0.2, 0) is 11.8 Å². The van der Waals surface area contributed by atoms with Crippen molar-refractivity contribution in [2.45, 2.75) is 44.4 Å². The molecule has 0 amide bonds. The Bertz CT molecular complexity index is 324. The predicted molar refractivity (Wildman–Crippen MR) is 65.0 cm³/mol. The monoisotopic (exact) mass is 203 g/mol. The Morgan fingerprint density at radius 2 is 1.87 bits per heavy atom. The molecule has 2 N–H and O–H groups in total. The number of hydrogen-bond acceptors (Lipinski definition) is 1. The molecule has 0 unspecified atom stereocenters. The molecule has 15 heavy (non-hydrogen) atoms. The Labute approximate surface area is 92.7 Å². The minimum Gasteiger partial charge on any atom is -0.330 e. The van der Waals surface area contributed by atoms with Crippen LogP contribution in [0.4, 0.5) is 0 Å². The second kappa shape index (κ2) is 4.36. The maximum atomic E-state index is 6.02. The van der Waals surface area contributed by atoms with Gasteiger partial charge in [-0.1, -0.05) is 44.0 Å². The van der Waals surface area contributed by atoms with Crippen molar-refractivity contribution in [2.75, 3.05) is 6.54 Å². The summed E-state index contributed by atoms with van der Waals surface area (Å²) in [6.45, 7) is 3.04. The molecule has 0 heterocycles. The van der Waals surface area contributed by atoms with Gasteiger partial charge in [-0.05, 0) is 30.4 Å². The van der Waals surface area contributed by atoms with Gasteiger partial charge in [-0.3, -0.25) is 0 Å². The molecule has 1 fully saturated rings. The van der Waals surface area contributed by atoms with Gasteiger partial charge in [0.2, 0.25) is 0 Å². The summed E-state index contributed by atoms with van der Waals surface area (Å²) >= 11 is 0. The third-order valence-corrected chi connectivity index (χ3v) is 3.92. The molecule has 0 atom stereocenters. The molecule has 1 nitrogen and oxygen atoms in total. The molecule has 0 saturated heterocycles. The lowest BCUT2D eigenvalue weighted by Crippen LogP contribution is -2.33. The second-order valence-corrected chi connectivity index (χ2v) is 4.70. The highest BCUT2D eigenvalue weighted by Crippen LogP contribution is 2.41. The van der Waals surface area contributed by atoms with Crippen molar-refractivity contribution >= 4 is 0 Å². The number of benzene rings is 1. The van der Waals surface area contributed by atoms with Gasteiger partial charge in [0.25, 0.3) is 0 Å². The molecular weight excluding hydrogens is 182 g/mol.